The second kappa shape index (κ2) is 4.42. The lowest BCUT2D eigenvalue weighted by atomic mass is 10.2. The Morgan fingerprint density at radius 1 is 1.88 bits per heavy atom. The summed E-state index contributed by atoms with van der Waals surface area (Å²) in [6.45, 7) is 2.01. The smallest absolute Gasteiger partial charge is 0.0624 e. The molecule has 0 aliphatic heterocycles. The third kappa shape index (κ3) is 2.44. The van der Waals surface area contributed by atoms with E-state index in [1.54, 1.807) is 6.08 Å². The van der Waals surface area contributed by atoms with Crippen molar-refractivity contribution in [3.63, 3.8) is 0 Å². The van der Waals surface area contributed by atoms with Crippen LogP contribution in [0.3, 0.4) is 0 Å². The van der Waals surface area contributed by atoms with E-state index < -0.39 is 0 Å². The van der Waals surface area contributed by atoms with Crippen LogP contribution in [0.1, 0.15) is 13.3 Å². The van der Waals surface area contributed by atoms with Gasteiger partial charge in [0.1, 0.15) is 0 Å². The number of allylic oxidation sites excluding steroid dienone is 1. The Bertz CT molecular complexity index is 117. The molecule has 0 saturated carbocycles. The Balaban J connectivity index is 3.72. The molecular weight excluding hydrogens is 100 g/mol. The molecule has 0 unspecified atom stereocenters. The van der Waals surface area contributed by atoms with Gasteiger partial charge in [-0.25, -0.2) is 0 Å². The second-order valence-electron chi connectivity index (χ2n) is 1.41. The van der Waals surface area contributed by atoms with Crippen LogP contribution in [-0.4, -0.2) is 11.7 Å². The summed E-state index contributed by atoms with van der Waals surface area (Å²) in [7, 11) is 0. The third-order valence-electron chi connectivity index (χ3n) is 0.904. The lowest BCUT2D eigenvalue weighted by molar-refractivity contribution is 0.342. The highest BCUT2D eigenvalue weighted by Gasteiger charge is 1.82. The summed E-state index contributed by atoms with van der Waals surface area (Å²) in [6.07, 6.45) is 7.51. The molecule has 0 radical (unpaired) electrons. The topological polar surface area (TPSA) is 20.2 Å². The molecule has 8 heavy (non-hydrogen) atoms. The van der Waals surface area contributed by atoms with Crippen molar-refractivity contribution >= 4 is 0 Å². The highest BCUT2D eigenvalue weighted by molar-refractivity contribution is 5.24. The van der Waals surface area contributed by atoms with E-state index in [-0.39, 0.29) is 6.61 Å². The standard InChI is InChI=1S/C7H10O/c1-3-7(4-2)5-6-8/h1,5,8H,4,6H2,2H3. The van der Waals surface area contributed by atoms with Crippen molar-refractivity contribution in [3.8, 4) is 12.3 Å². The molecule has 1 N–H and O–H groups in total. The van der Waals surface area contributed by atoms with Gasteiger partial charge in [0.2, 0.25) is 0 Å². The molecular formula is C7H10O. The predicted molar refractivity (Wildman–Crippen MR) is 34.3 cm³/mol. The summed E-state index contributed by atoms with van der Waals surface area (Å²) in [4.78, 5) is 0. The largest absolute Gasteiger partial charge is 0.392 e. The third-order valence-corrected chi connectivity index (χ3v) is 0.904. The second-order valence-corrected chi connectivity index (χ2v) is 1.41. The minimum atomic E-state index is 0.0490. The minimum Gasteiger partial charge on any atom is -0.392 e. The van der Waals surface area contributed by atoms with Crippen molar-refractivity contribution in [2.45, 2.75) is 13.3 Å². The van der Waals surface area contributed by atoms with Gasteiger partial charge < -0.3 is 5.11 Å². The Morgan fingerprint density at radius 2 is 2.50 bits per heavy atom. The molecule has 0 aliphatic carbocycles. The molecule has 0 bridgehead atoms. The first-order valence-electron chi connectivity index (χ1n) is 2.61. The molecule has 0 saturated heterocycles. The van der Waals surface area contributed by atoms with E-state index in [9.17, 15) is 0 Å². The van der Waals surface area contributed by atoms with Crippen molar-refractivity contribution < 1.29 is 5.11 Å². The quantitative estimate of drug-likeness (QED) is 0.525. The zero-order valence-corrected chi connectivity index (χ0v) is 5.02. The molecule has 0 heterocycles. The molecule has 0 aromatic rings. The number of hydrogen-bond donors (Lipinski definition) is 1. The maximum Gasteiger partial charge on any atom is 0.0624 e. The predicted octanol–water partition coefficient (Wildman–Crippen LogP) is 0.948. The van der Waals surface area contributed by atoms with Crippen LogP contribution < -0.4 is 0 Å². The summed E-state index contributed by atoms with van der Waals surface area (Å²) < 4.78 is 0. The van der Waals surface area contributed by atoms with Crippen LogP contribution >= 0.6 is 0 Å². The first-order chi connectivity index (χ1) is 3.85. The summed E-state index contributed by atoms with van der Waals surface area (Å²) in [5.41, 5.74) is 0.868. The van der Waals surface area contributed by atoms with Crippen molar-refractivity contribution in [3.05, 3.63) is 11.6 Å². The molecule has 0 atom stereocenters. The van der Waals surface area contributed by atoms with Gasteiger partial charge in [-0.3, -0.25) is 0 Å². The fourth-order valence-electron chi connectivity index (χ4n) is 0.416. The van der Waals surface area contributed by atoms with E-state index in [2.05, 4.69) is 5.92 Å². The Hall–Kier alpha value is -0.740. The minimum absolute atomic E-state index is 0.0490. The SMILES string of the molecule is C#CC(=CCO)CC. The first kappa shape index (κ1) is 7.26. The van der Waals surface area contributed by atoms with E-state index in [1.165, 1.54) is 0 Å². The number of hydrogen-bond acceptors (Lipinski definition) is 1. The van der Waals surface area contributed by atoms with Gasteiger partial charge in [-0.2, -0.15) is 0 Å². The lowest BCUT2D eigenvalue weighted by Crippen LogP contribution is -1.78. The molecule has 0 aliphatic rings. The molecule has 0 fully saturated rings. The maximum atomic E-state index is 8.33. The fourth-order valence-corrected chi connectivity index (χ4v) is 0.416. The van der Waals surface area contributed by atoms with E-state index in [0.717, 1.165) is 12.0 Å². The van der Waals surface area contributed by atoms with Gasteiger partial charge in [0, 0.05) is 0 Å². The Labute approximate surface area is 50.0 Å². The van der Waals surface area contributed by atoms with Gasteiger partial charge in [-0.05, 0) is 18.1 Å². The molecule has 44 valence electrons. The van der Waals surface area contributed by atoms with E-state index in [0.29, 0.717) is 0 Å². The lowest BCUT2D eigenvalue weighted by Gasteiger charge is -1.87. The van der Waals surface area contributed by atoms with Gasteiger partial charge >= 0.3 is 0 Å². The van der Waals surface area contributed by atoms with Crippen LogP contribution in [0.2, 0.25) is 0 Å². The van der Waals surface area contributed by atoms with E-state index >= 15 is 0 Å². The van der Waals surface area contributed by atoms with Gasteiger partial charge in [0.25, 0.3) is 0 Å². The van der Waals surface area contributed by atoms with Crippen LogP contribution in [0.25, 0.3) is 0 Å². The molecule has 1 nitrogen and oxygen atoms in total. The fraction of sp³-hybridized carbons (Fsp3) is 0.429. The summed E-state index contributed by atoms with van der Waals surface area (Å²) in [6, 6.07) is 0. The monoisotopic (exact) mass is 110 g/mol. The first-order valence-corrected chi connectivity index (χ1v) is 2.61. The van der Waals surface area contributed by atoms with E-state index in [4.69, 9.17) is 11.5 Å². The van der Waals surface area contributed by atoms with Gasteiger partial charge in [-0.15, -0.1) is 6.42 Å². The molecule has 1 heteroatoms. The number of rotatable bonds is 2. The van der Waals surface area contributed by atoms with Crippen molar-refractivity contribution in [2.24, 2.45) is 0 Å². The Kier molecular flexibility index (Phi) is 4.01. The summed E-state index contributed by atoms with van der Waals surface area (Å²) in [5.74, 6) is 2.45. The highest BCUT2D eigenvalue weighted by atomic mass is 16.2. The van der Waals surface area contributed by atoms with Crippen molar-refractivity contribution in [2.75, 3.05) is 6.61 Å². The Morgan fingerprint density at radius 3 is 2.62 bits per heavy atom. The average molecular weight is 110 g/mol. The van der Waals surface area contributed by atoms with Crippen LogP contribution in [0.4, 0.5) is 0 Å². The normalized spacial score (nSPS) is 10.9. The summed E-state index contributed by atoms with van der Waals surface area (Å²) >= 11 is 0. The maximum absolute atomic E-state index is 8.33. The van der Waals surface area contributed by atoms with Crippen LogP contribution in [0.5, 0.6) is 0 Å². The molecule has 0 aromatic carbocycles. The van der Waals surface area contributed by atoms with E-state index in [1.807, 2.05) is 6.92 Å². The van der Waals surface area contributed by atoms with Gasteiger partial charge in [0.15, 0.2) is 0 Å². The van der Waals surface area contributed by atoms with Crippen LogP contribution in [-0.2, 0) is 0 Å². The van der Waals surface area contributed by atoms with Crippen LogP contribution in [0, 0.1) is 12.3 Å². The highest BCUT2D eigenvalue weighted by Crippen LogP contribution is 1.95. The summed E-state index contributed by atoms with van der Waals surface area (Å²) in [5, 5.41) is 8.33. The molecule has 0 spiro atoms. The molecule has 0 rings (SSSR count). The molecule has 0 amide bonds. The van der Waals surface area contributed by atoms with Gasteiger partial charge in [0.05, 0.1) is 6.61 Å². The zero-order valence-electron chi connectivity index (χ0n) is 5.02. The number of aliphatic hydroxyl groups is 1. The number of aliphatic hydroxyl groups excluding tert-OH is 1. The number of terminal acetylenes is 1. The van der Waals surface area contributed by atoms with Crippen LogP contribution in [0.15, 0.2) is 11.6 Å². The van der Waals surface area contributed by atoms with Crippen molar-refractivity contribution in [1.29, 1.82) is 0 Å². The van der Waals surface area contributed by atoms with Crippen molar-refractivity contribution in [1.82, 2.24) is 0 Å². The zero-order chi connectivity index (χ0) is 6.41. The average Bonchev–Trinajstić information content (AvgIpc) is 1.83. The molecule has 0 aromatic heterocycles. The van der Waals surface area contributed by atoms with Gasteiger partial charge in [-0.1, -0.05) is 12.8 Å².